The molecule has 1 saturated heterocycles. The molecule has 1 heterocycles. The fourth-order valence-electron chi connectivity index (χ4n) is 2.85. The molecule has 0 radical (unpaired) electrons. The predicted molar refractivity (Wildman–Crippen MR) is 81.1 cm³/mol. The van der Waals surface area contributed by atoms with Crippen LogP contribution >= 0.6 is 0 Å². The maximum absolute atomic E-state index is 3.62. The topological polar surface area (TPSA) is 15.3 Å². The second kappa shape index (κ2) is 10.8. The lowest BCUT2D eigenvalue weighted by atomic mass is 10.1. The molecule has 0 spiro atoms. The molecule has 2 nitrogen and oxygen atoms in total. The van der Waals surface area contributed by atoms with Gasteiger partial charge in [-0.25, -0.2) is 0 Å². The molecule has 0 amide bonds. The zero-order valence-corrected chi connectivity index (χ0v) is 12.7. The van der Waals surface area contributed by atoms with E-state index >= 15 is 0 Å². The summed E-state index contributed by atoms with van der Waals surface area (Å²) in [7, 11) is 0. The number of hydrogen-bond donors (Lipinski definition) is 1. The first-order valence-corrected chi connectivity index (χ1v) is 8.26. The maximum Gasteiger partial charge on any atom is 0.00191 e. The standard InChI is InChI=1S/C16H34N2/c1-3-4-5-6-8-11-17-14-16(2)15-18-12-9-7-10-13-18/h16-17H,3-15H2,1-2H3. The molecule has 1 rings (SSSR count). The molecule has 0 aromatic heterocycles. The monoisotopic (exact) mass is 254 g/mol. The number of hydrogen-bond acceptors (Lipinski definition) is 2. The van der Waals surface area contributed by atoms with Gasteiger partial charge in [-0.05, 0) is 51.4 Å². The van der Waals surface area contributed by atoms with Crippen molar-refractivity contribution in [3.8, 4) is 0 Å². The lowest BCUT2D eigenvalue weighted by Crippen LogP contribution is -2.36. The van der Waals surface area contributed by atoms with Crippen LogP contribution in [0.4, 0.5) is 0 Å². The van der Waals surface area contributed by atoms with Gasteiger partial charge in [-0.15, -0.1) is 0 Å². The Morgan fingerprint density at radius 1 is 1.00 bits per heavy atom. The van der Waals surface area contributed by atoms with Crippen molar-refractivity contribution in [1.82, 2.24) is 10.2 Å². The third kappa shape index (κ3) is 8.10. The molecule has 0 aliphatic carbocycles. The Balaban J connectivity index is 1.88. The number of likely N-dealkylation sites (tertiary alicyclic amines) is 1. The Hall–Kier alpha value is -0.0800. The summed E-state index contributed by atoms with van der Waals surface area (Å²) < 4.78 is 0. The summed E-state index contributed by atoms with van der Waals surface area (Å²) in [6.07, 6.45) is 11.2. The molecule has 0 bridgehead atoms. The molecule has 1 unspecified atom stereocenters. The first-order chi connectivity index (χ1) is 8.83. The first kappa shape index (κ1) is 16.0. The van der Waals surface area contributed by atoms with Crippen LogP contribution in [0.5, 0.6) is 0 Å². The predicted octanol–water partition coefficient (Wildman–Crippen LogP) is 3.67. The van der Waals surface area contributed by atoms with E-state index in [-0.39, 0.29) is 0 Å². The minimum absolute atomic E-state index is 0.804. The van der Waals surface area contributed by atoms with Crippen LogP contribution in [0.2, 0.25) is 0 Å². The second-order valence-electron chi connectivity index (χ2n) is 6.08. The van der Waals surface area contributed by atoms with Crippen LogP contribution in [0.25, 0.3) is 0 Å². The van der Waals surface area contributed by atoms with Gasteiger partial charge < -0.3 is 10.2 Å². The van der Waals surface area contributed by atoms with Gasteiger partial charge in [0.2, 0.25) is 0 Å². The van der Waals surface area contributed by atoms with Crippen molar-refractivity contribution in [2.75, 3.05) is 32.7 Å². The lowest BCUT2D eigenvalue weighted by Gasteiger charge is -2.29. The number of piperidine rings is 1. The van der Waals surface area contributed by atoms with E-state index in [1.807, 2.05) is 0 Å². The minimum atomic E-state index is 0.804. The highest BCUT2D eigenvalue weighted by atomic mass is 15.1. The molecule has 2 heteroatoms. The van der Waals surface area contributed by atoms with E-state index in [0.717, 1.165) is 5.92 Å². The Morgan fingerprint density at radius 3 is 2.44 bits per heavy atom. The van der Waals surface area contributed by atoms with Gasteiger partial charge in [-0.1, -0.05) is 46.0 Å². The van der Waals surface area contributed by atoms with Crippen LogP contribution in [0.15, 0.2) is 0 Å². The van der Waals surface area contributed by atoms with Gasteiger partial charge in [0.25, 0.3) is 0 Å². The molecular formula is C16H34N2. The van der Waals surface area contributed by atoms with Gasteiger partial charge in [0, 0.05) is 6.54 Å². The molecule has 108 valence electrons. The fraction of sp³-hybridized carbons (Fsp3) is 1.00. The average molecular weight is 254 g/mol. The van der Waals surface area contributed by atoms with E-state index in [1.54, 1.807) is 0 Å². The summed E-state index contributed by atoms with van der Waals surface area (Å²) in [5.41, 5.74) is 0. The van der Waals surface area contributed by atoms with Crippen molar-refractivity contribution in [2.24, 2.45) is 5.92 Å². The summed E-state index contributed by atoms with van der Waals surface area (Å²) in [6, 6.07) is 0. The van der Waals surface area contributed by atoms with E-state index in [0.29, 0.717) is 0 Å². The Labute approximate surface area is 115 Å². The summed E-state index contributed by atoms with van der Waals surface area (Å²) in [5, 5.41) is 3.62. The molecule has 1 atom stereocenters. The van der Waals surface area contributed by atoms with Gasteiger partial charge in [0.05, 0.1) is 0 Å². The fourth-order valence-corrected chi connectivity index (χ4v) is 2.85. The van der Waals surface area contributed by atoms with Crippen molar-refractivity contribution >= 4 is 0 Å². The average Bonchev–Trinajstić information content (AvgIpc) is 2.39. The van der Waals surface area contributed by atoms with Crippen molar-refractivity contribution in [1.29, 1.82) is 0 Å². The van der Waals surface area contributed by atoms with Crippen molar-refractivity contribution in [3.05, 3.63) is 0 Å². The molecule has 1 fully saturated rings. The largest absolute Gasteiger partial charge is 0.316 e. The number of rotatable bonds is 10. The Kier molecular flexibility index (Phi) is 9.59. The smallest absolute Gasteiger partial charge is 0.00191 e. The summed E-state index contributed by atoms with van der Waals surface area (Å²) in [4.78, 5) is 2.65. The highest BCUT2D eigenvalue weighted by Crippen LogP contribution is 2.10. The van der Waals surface area contributed by atoms with E-state index in [9.17, 15) is 0 Å². The Bertz CT molecular complexity index is 176. The minimum Gasteiger partial charge on any atom is -0.316 e. The molecule has 0 aromatic rings. The van der Waals surface area contributed by atoms with Gasteiger partial charge in [-0.3, -0.25) is 0 Å². The van der Waals surface area contributed by atoms with Crippen LogP contribution in [0.1, 0.15) is 65.2 Å². The van der Waals surface area contributed by atoms with Gasteiger partial charge in [0.15, 0.2) is 0 Å². The Morgan fingerprint density at radius 2 is 1.72 bits per heavy atom. The summed E-state index contributed by atoms with van der Waals surface area (Å²) in [5.74, 6) is 0.804. The second-order valence-corrected chi connectivity index (χ2v) is 6.08. The van der Waals surface area contributed by atoms with Crippen LogP contribution in [0.3, 0.4) is 0 Å². The highest BCUT2D eigenvalue weighted by Gasteiger charge is 2.12. The highest BCUT2D eigenvalue weighted by molar-refractivity contribution is 4.68. The molecule has 0 aromatic carbocycles. The van der Waals surface area contributed by atoms with E-state index in [1.165, 1.54) is 84.1 Å². The molecule has 18 heavy (non-hydrogen) atoms. The molecule has 0 saturated carbocycles. The van der Waals surface area contributed by atoms with Gasteiger partial charge >= 0.3 is 0 Å². The maximum atomic E-state index is 3.62. The quantitative estimate of drug-likeness (QED) is 0.598. The van der Waals surface area contributed by atoms with Crippen LogP contribution in [-0.2, 0) is 0 Å². The van der Waals surface area contributed by atoms with Crippen molar-refractivity contribution in [3.63, 3.8) is 0 Å². The van der Waals surface area contributed by atoms with Crippen LogP contribution < -0.4 is 5.32 Å². The number of nitrogens with one attached hydrogen (secondary N) is 1. The number of nitrogens with zero attached hydrogens (tertiary/aromatic N) is 1. The summed E-state index contributed by atoms with van der Waals surface area (Å²) >= 11 is 0. The summed E-state index contributed by atoms with van der Waals surface area (Å²) in [6.45, 7) is 11.0. The normalized spacial score (nSPS) is 19.0. The number of unbranched alkanes of at least 4 members (excludes halogenated alkanes) is 4. The third-order valence-electron chi connectivity index (χ3n) is 3.97. The van der Waals surface area contributed by atoms with E-state index in [2.05, 4.69) is 24.1 Å². The SMILES string of the molecule is CCCCCCCNCC(C)CN1CCCCC1. The zero-order chi connectivity index (χ0) is 13.1. The lowest BCUT2D eigenvalue weighted by molar-refractivity contribution is 0.199. The van der Waals surface area contributed by atoms with Crippen molar-refractivity contribution in [2.45, 2.75) is 65.2 Å². The van der Waals surface area contributed by atoms with E-state index in [4.69, 9.17) is 0 Å². The molecular weight excluding hydrogens is 220 g/mol. The molecule has 1 aliphatic heterocycles. The van der Waals surface area contributed by atoms with Crippen LogP contribution in [0, 0.1) is 5.92 Å². The zero-order valence-electron chi connectivity index (χ0n) is 12.7. The third-order valence-corrected chi connectivity index (χ3v) is 3.97. The molecule has 1 aliphatic rings. The molecule has 1 N–H and O–H groups in total. The van der Waals surface area contributed by atoms with Crippen molar-refractivity contribution < 1.29 is 0 Å². The van der Waals surface area contributed by atoms with Gasteiger partial charge in [0.1, 0.15) is 0 Å². The first-order valence-electron chi connectivity index (χ1n) is 8.26. The van der Waals surface area contributed by atoms with Crippen LogP contribution in [-0.4, -0.2) is 37.6 Å². The van der Waals surface area contributed by atoms with Gasteiger partial charge in [-0.2, -0.15) is 0 Å². The van der Waals surface area contributed by atoms with E-state index < -0.39 is 0 Å².